The molecule has 7 nitrogen and oxygen atoms in total. The van der Waals surface area contributed by atoms with Gasteiger partial charge in [0.15, 0.2) is 13.2 Å². The number of alkyl halides is 6. The van der Waals surface area contributed by atoms with Crippen LogP contribution >= 0.6 is 11.3 Å². The minimum atomic E-state index is -4.78. The summed E-state index contributed by atoms with van der Waals surface area (Å²) < 4.78 is 113. The number of anilines is 1. The molecule has 0 amide bonds. The van der Waals surface area contributed by atoms with Crippen LogP contribution in [0.1, 0.15) is 0 Å². The Morgan fingerprint density at radius 1 is 1.03 bits per heavy atom. The first kappa shape index (κ1) is 24.7. The largest absolute Gasteiger partial charge is 0.484 e. The summed E-state index contributed by atoms with van der Waals surface area (Å²) in [5.74, 6) is -1.29. The van der Waals surface area contributed by atoms with Crippen molar-refractivity contribution in [2.75, 3.05) is 17.9 Å². The van der Waals surface area contributed by atoms with E-state index in [2.05, 4.69) is 19.3 Å². The molecule has 2 aromatic heterocycles. The lowest BCUT2D eigenvalue weighted by Gasteiger charge is -2.16. The number of sulfonamides is 1. The molecule has 0 saturated carbocycles. The number of nitrogens with zero attached hydrogens (tertiary/aromatic N) is 2. The minimum Gasteiger partial charge on any atom is -0.484 e. The zero-order chi connectivity index (χ0) is 24.4. The quantitative estimate of drug-likeness (QED) is 0.435. The van der Waals surface area contributed by atoms with Gasteiger partial charge in [0.25, 0.3) is 10.0 Å². The van der Waals surface area contributed by atoms with Gasteiger partial charge in [0.1, 0.15) is 27.9 Å². The monoisotopic (exact) mass is 515 g/mol. The van der Waals surface area contributed by atoms with E-state index in [4.69, 9.17) is 0 Å². The molecule has 180 valence electrons. The third-order valence-electron chi connectivity index (χ3n) is 3.89. The fourth-order valence-corrected chi connectivity index (χ4v) is 4.45. The van der Waals surface area contributed by atoms with Crippen molar-refractivity contribution >= 4 is 27.2 Å². The molecule has 3 aromatic rings. The van der Waals surface area contributed by atoms with Crippen molar-refractivity contribution in [1.29, 1.82) is 0 Å². The van der Waals surface area contributed by atoms with Gasteiger partial charge in [0, 0.05) is 19.2 Å². The summed E-state index contributed by atoms with van der Waals surface area (Å²) in [6.45, 7) is -3.54. The van der Waals surface area contributed by atoms with Crippen molar-refractivity contribution in [2.24, 2.45) is 7.05 Å². The van der Waals surface area contributed by atoms with Gasteiger partial charge in [0.2, 0.25) is 0 Å². The molecule has 15 heteroatoms. The molecule has 0 radical (unpaired) electrons. The van der Waals surface area contributed by atoms with Crippen molar-refractivity contribution in [2.45, 2.75) is 17.2 Å². The molecule has 1 N–H and O–H groups in total. The van der Waals surface area contributed by atoms with E-state index < -0.39 is 52.0 Å². The van der Waals surface area contributed by atoms with E-state index in [1.54, 1.807) is 17.5 Å². The lowest BCUT2D eigenvalue weighted by Crippen LogP contribution is -2.22. The molecule has 1 aromatic carbocycles. The predicted molar refractivity (Wildman–Crippen MR) is 107 cm³/mol. The number of ether oxygens (including phenoxy) is 2. The lowest BCUT2D eigenvalue weighted by atomic mass is 10.3. The molecule has 0 atom stereocenters. The van der Waals surface area contributed by atoms with Crippen molar-refractivity contribution < 1.29 is 44.2 Å². The van der Waals surface area contributed by atoms with E-state index in [9.17, 15) is 34.8 Å². The molecule has 0 bridgehead atoms. The summed E-state index contributed by atoms with van der Waals surface area (Å²) in [5, 5.41) is 5.95. The van der Waals surface area contributed by atoms with E-state index in [1.165, 1.54) is 29.1 Å². The Morgan fingerprint density at radius 2 is 1.70 bits per heavy atom. The van der Waals surface area contributed by atoms with Crippen molar-refractivity contribution in [3.63, 3.8) is 0 Å². The van der Waals surface area contributed by atoms with Crippen LogP contribution in [0.15, 0.2) is 46.7 Å². The van der Waals surface area contributed by atoms with E-state index in [0.29, 0.717) is 11.8 Å². The first-order valence-electron chi connectivity index (χ1n) is 8.87. The molecule has 0 unspecified atom stereocenters. The maximum atomic E-state index is 13.0. The zero-order valence-corrected chi connectivity index (χ0v) is 18.2. The summed E-state index contributed by atoms with van der Waals surface area (Å²) in [5.41, 5.74) is 0.431. The normalized spacial score (nSPS) is 12.6. The van der Waals surface area contributed by atoms with Crippen molar-refractivity contribution in [3.8, 4) is 22.1 Å². The second-order valence-corrected chi connectivity index (χ2v) is 9.14. The third kappa shape index (κ3) is 6.77. The summed E-state index contributed by atoms with van der Waals surface area (Å²) in [6.07, 6.45) is -9.49. The van der Waals surface area contributed by atoms with Crippen LogP contribution in [-0.4, -0.2) is 43.8 Å². The first-order chi connectivity index (χ1) is 15.2. The van der Waals surface area contributed by atoms with Crippen LogP contribution in [0.4, 0.5) is 32.2 Å². The molecule has 0 saturated heterocycles. The SMILES string of the molecule is Cn1nc(-c2cccs2)cc1NS(=O)(=O)c1cc(OCC(F)(F)F)ccc1OCC(F)(F)F. The highest BCUT2D eigenvalue weighted by molar-refractivity contribution is 7.92. The van der Waals surface area contributed by atoms with Crippen LogP contribution in [0.3, 0.4) is 0 Å². The van der Waals surface area contributed by atoms with Gasteiger partial charge in [-0.3, -0.25) is 9.40 Å². The number of nitrogens with one attached hydrogen (secondary N) is 1. The first-order valence-corrected chi connectivity index (χ1v) is 11.2. The second-order valence-electron chi connectivity index (χ2n) is 6.54. The Morgan fingerprint density at radius 3 is 2.30 bits per heavy atom. The van der Waals surface area contributed by atoms with Gasteiger partial charge >= 0.3 is 12.4 Å². The number of rotatable bonds is 8. The average molecular weight is 515 g/mol. The molecule has 0 aliphatic heterocycles. The second kappa shape index (κ2) is 9.13. The van der Waals surface area contributed by atoms with Crippen LogP contribution in [0.5, 0.6) is 11.5 Å². The standard InChI is InChI=1S/C18H15F6N3O4S2/c1-27-16(8-12(25-27)14-3-2-6-32-14)26-33(28,29)15-7-11(30-9-17(19,20)21)4-5-13(15)31-10-18(22,23)24/h2-8,26H,9-10H2,1H3. The number of benzene rings is 1. The Kier molecular flexibility index (Phi) is 6.83. The topological polar surface area (TPSA) is 82.5 Å². The van der Waals surface area contributed by atoms with Crippen LogP contribution in [-0.2, 0) is 17.1 Å². The van der Waals surface area contributed by atoms with E-state index in [0.717, 1.165) is 17.0 Å². The minimum absolute atomic E-state index is 0.0400. The summed E-state index contributed by atoms with van der Waals surface area (Å²) in [4.78, 5) is -0.113. The highest BCUT2D eigenvalue weighted by Gasteiger charge is 2.32. The van der Waals surface area contributed by atoms with Crippen molar-refractivity contribution in [3.05, 3.63) is 41.8 Å². The van der Waals surface area contributed by atoms with Gasteiger partial charge in [-0.25, -0.2) is 8.42 Å². The van der Waals surface area contributed by atoms with Gasteiger partial charge in [-0.05, 0) is 23.6 Å². The van der Waals surface area contributed by atoms with Gasteiger partial charge in [-0.2, -0.15) is 31.4 Å². The van der Waals surface area contributed by atoms with E-state index >= 15 is 0 Å². The highest BCUT2D eigenvalue weighted by atomic mass is 32.2. The third-order valence-corrected chi connectivity index (χ3v) is 6.16. The van der Waals surface area contributed by atoms with Gasteiger partial charge in [-0.15, -0.1) is 11.3 Å². The van der Waals surface area contributed by atoms with Crippen LogP contribution in [0.25, 0.3) is 10.6 Å². The molecule has 0 aliphatic carbocycles. The van der Waals surface area contributed by atoms with Gasteiger partial charge in [0.05, 0.1) is 4.88 Å². The van der Waals surface area contributed by atoms with Crippen LogP contribution in [0.2, 0.25) is 0 Å². The van der Waals surface area contributed by atoms with Crippen molar-refractivity contribution in [1.82, 2.24) is 9.78 Å². The number of thiophene rings is 1. The number of hydrogen-bond donors (Lipinski definition) is 1. The molecule has 3 rings (SSSR count). The lowest BCUT2D eigenvalue weighted by molar-refractivity contribution is -0.154. The zero-order valence-electron chi connectivity index (χ0n) is 16.6. The molecule has 0 spiro atoms. The molecular formula is C18H15F6N3O4S2. The van der Waals surface area contributed by atoms with Gasteiger partial charge in [-0.1, -0.05) is 6.07 Å². The maximum Gasteiger partial charge on any atom is 0.422 e. The Balaban J connectivity index is 1.94. The predicted octanol–water partition coefficient (Wildman–Crippen LogP) is 4.83. The highest BCUT2D eigenvalue weighted by Crippen LogP contribution is 2.33. The summed E-state index contributed by atoms with van der Waals surface area (Å²) in [6, 6.07) is 7.20. The average Bonchev–Trinajstić information content (AvgIpc) is 3.34. The van der Waals surface area contributed by atoms with Crippen LogP contribution in [0, 0.1) is 0 Å². The summed E-state index contributed by atoms with van der Waals surface area (Å²) in [7, 11) is -3.20. The number of aryl methyl sites for hydroxylation is 1. The van der Waals surface area contributed by atoms with E-state index in [1.807, 2.05) is 0 Å². The van der Waals surface area contributed by atoms with E-state index in [-0.39, 0.29) is 5.82 Å². The number of hydrogen-bond acceptors (Lipinski definition) is 6. The molecular weight excluding hydrogens is 500 g/mol. The number of aromatic nitrogens is 2. The Hall–Kier alpha value is -2.94. The molecule has 0 aliphatic rings. The number of halogens is 6. The fourth-order valence-electron chi connectivity index (χ4n) is 2.53. The van der Waals surface area contributed by atoms with Crippen LogP contribution < -0.4 is 14.2 Å². The Bertz CT molecular complexity index is 1200. The molecule has 33 heavy (non-hydrogen) atoms. The molecule has 2 heterocycles. The van der Waals surface area contributed by atoms with Gasteiger partial charge < -0.3 is 9.47 Å². The fraction of sp³-hybridized carbons (Fsp3) is 0.278. The maximum absolute atomic E-state index is 13.0. The molecule has 0 fully saturated rings. The Labute approximate surface area is 187 Å². The summed E-state index contributed by atoms with van der Waals surface area (Å²) >= 11 is 1.35. The smallest absolute Gasteiger partial charge is 0.422 e.